The molecule has 0 radical (unpaired) electrons. The topological polar surface area (TPSA) is 113 Å². The Morgan fingerprint density at radius 3 is 1.13 bits per heavy atom. The number of ether oxygens (including phenoxy) is 10. The first-order valence-corrected chi connectivity index (χ1v) is 28.6. The molecule has 10 atom stereocenters. The smallest absolute Gasteiger partial charge is 0.187 e. The molecule has 2 aliphatic rings. The van der Waals surface area contributed by atoms with E-state index in [4.69, 9.17) is 47.4 Å². The van der Waals surface area contributed by atoms with E-state index in [0.717, 1.165) is 39.4 Å². The van der Waals surface area contributed by atoms with Gasteiger partial charge in [0.15, 0.2) is 12.6 Å². The summed E-state index contributed by atoms with van der Waals surface area (Å²) >= 11 is 0. The van der Waals surface area contributed by atoms with Gasteiger partial charge in [-0.15, -0.1) is 0 Å². The van der Waals surface area contributed by atoms with Crippen molar-refractivity contribution in [3.8, 4) is 0 Å². The molecule has 0 unspecified atom stereocenters. The Kier molecular flexibility index (Phi) is 20.1. The number of aliphatic hydroxyl groups is 1. The highest BCUT2D eigenvalue weighted by Gasteiger charge is 2.54. The van der Waals surface area contributed by atoms with E-state index >= 15 is 0 Å². The lowest BCUT2D eigenvalue weighted by molar-refractivity contribution is -0.375. The van der Waals surface area contributed by atoms with E-state index in [1.807, 2.05) is 182 Å². The Bertz CT molecular complexity index is 2360. The Morgan fingerprint density at radius 1 is 0.380 bits per heavy atom. The van der Waals surface area contributed by atoms with Gasteiger partial charge in [-0.05, 0) is 39.4 Å². The number of benzene rings is 6. The molecule has 0 bridgehead atoms. The van der Waals surface area contributed by atoms with E-state index in [1.54, 1.807) is 0 Å². The molecule has 0 aromatic heterocycles. The van der Waals surface area contributed by atoms with Crippen molar-refractivity contribution < 1.29 is 52.5 Å². The maximum atomic E-state index is 12.7. The molecule has 8 rings (SSSR count). The maximum absolute atomic E-state index is 12.7. The van der Waals surface area contributed by atoms with Gasteiger partial charge in [-0.1, -0.05) is 202 Å². The summed E-state index contributed by atoms with van der Waals surface area (Å²) in [7, 11) is -1.52. The first kappa shape index (κ1) is 52.4. The van der Waals surface area contributed by atoms with E-state index in [0.29, 0.717) is 19.8 Å². The summed E-state index contributed by atoms with van der Waals surface area (Å²) < 4.78 is 68.4. The van der Waals surface area contributed by atoms with Gasteiger partial charge in [0.05, 0.1) is 52.9 Å². The second-order valence-electron chi connectivity index (χ2n) is 19.4. The Morgan fingerprint density at radius 2 is 0.718 bits per heavy atom. The molecule has 0 spiro atoms. The first-order chi connectivity index (χ1) is 34.8. The highest BCUT2D eigenvalue weighted by atomic mass is 28.3. The lowest BCUT2D eigenvalue weighted by Crippen LogP contribution is -2.66. The lowest BCUT2D eigenvalue weighted by atomic mass is 9.96. The number of hydrogen-bond acceptors (Lipinski definition) is 11. The summed E-state index contributed by atoms with van der Waals surface area (Å²) in [6.07, 6.45) is -9.19. The molecule has 2 aliphatic heterocycles. The average molecular weight is 983 g/mol. The zero-order chi connectivity index (χ0) is 49.1. The molecule has 6 aromatic rings. The Balaban J connectivity index is 1.16. The molecule has 376 valence electrons. The van der Waals surface area contributed by atoms with Crippen molar-refractivity contribution >= 4 is 8.07 Å². The molecule has 71 heavy (non-hydrogen) atoms. The van der Waals surface area contributed by atoms with Gasteiger partial charge in [0.2, 0.25) is 0 Å². The molecule has 1 N–H and O–H groups in total. The first-order valence-electron chi connectivity index (χ1n) is 24.9. The zero-order valence-electron chi connectivity index (χ0n) is 41.2. The van der Waals surface area contributed by atoms with Crippen LogP contribution in [0.3, 0.4) is 0 Å². The highest BCUT2D eigenvalue weighted by molar-refractivity contribution is 6.76. The normalized spacial score (nSPS) is 24.7. The predicted molar refractivity (Wildman–Crippen MR) is 275 cm³/mol. The quantitative estimate of drug-likeness (QED) is 0.0524. The van der Waals surface area contributed by atoms with E-state index in [2.05, 4.69) is 19.6 Å². The van der Waals surface area contributed by atoms with Gasteiger partial charge in [0.1, 0.15) is 48.8 Å². The standard InChI is InChI=1S/C59H70O11Si/c1-71(2,3)35-34-63-58-57(67-41-49-32-20-9-21-33-49)56(66-40-48-30-18-8-19-31-48)54(51(68-58)43-62-37-45-24-12-5-13-25-45)70-59-55(65-39-47-28-16-7-17-29-47)52(60)53(64-38-46-26-14-6-15-27-46)50(69-59)42-61-36-44-22-10-4-11-23-44/h4-33,50-60H,34-43H2,1-3H3/t50-,51-,52+,53+,54-,55-,56+,57-,58-,59+/m1/s1. The third-order valence-corrected chi connectivity index (χ3v) is 14.3. The van der Waals surface area contributed by atoms with Crippen LogP contribution in [0.5, 0.6) is 0 Å². The van der Waals surface area contributed by atoms with Crippen LogP contribution in [0.15, 0.2) is 182 Å². The van der Waals surface area contributed by atoms with Crippen LogP contribution in [0, 0.1) is 0 Å². The van der Waals surface area contributed by atoms with Crippen molar-refractivity contribution in [2.45, 2.75) is 127 Å². The summed E-state index contributed by atoms with van der Waals surface area (Å²) in [5.74, 6) is 0. The van der Waals surface area contributed by atoms with Crippen LogP contribution in [0.4, 0.5) is 0 Å². The highest BCUT2D eigenvalue weighted by Crippen LogP contribution is 2.36. The predicted octanol–water partition coefficient (Wildman–Crippen LogP) is 10.3. The molecule has 12 heteroatoms. The number of aliphatic hydroxyl groups excluding tert-OH is 1. The minimum absolute atomic E-state index is 0.0885. The maximum Gasteiger partial charge on any atom is 0.187 e. The van der Waals surface area contributed by atoms with Crippen molar-refractivity contribution in [3.05, 3.63) is 215 Å². The molecular weight excluding hydrogens is 913 g/mol. The fraction of sp³-hybridized carbons (Fsp3) is 0.390. The van der Waals surface area contributed by atoms with Crippen LogP contribution in [-0.2, 0) is 87.0 Å². The van der Waals surface area contributed by atoms with Crippen LogP contribution < -0.4 is 0 Å². The summed E-state index contributed by atoms with van der Waals surface area (Å²) in [4.78, 5) is 0. The average Bonchev–Trinajstić information content (AvgIpc) is 3.39. The van der Waals surface area contributed by atoms with Crippen LogP contribution in [-0.4, -0.2) is 94.4 Å². The molecule has 2 heterocycles. The van der Waals surface area contributed by atoms with Gasteiger partial charge in [-0.25, -0.2) is 0 Å². The summed E-state index contributed by atoms with van der Waals surface area (Å²) in [5, 5.41) is 12.7. The van der Waals surface area contributed by atoms with E-state index in [-0.39, 0.29) is 39.6 Å². The van der Waals surface area contributed by atoms with Crippen molar-refractivity contribution in [2.24, 2.45) is 0 Å². The van der Waals surface area contributed by atoms with Gasteiger partial charge in [-0.2, -0.15) is 0 Å². The van der Waals surface area contributed by atoms with Gasteiger partial charge in [0, 0.05) is 14.7 Å². The van der Waals surface area contributed by atoms with Gasteiger partial charge >= 0.3 is 0 Å². The second-order valence-corrected chi connectivity index (χ2v) is 25.0. The summed E-state index contributed by atoms with van der Waals surface area (Å²) in [6.45, 7) is 9.20. The van der Waals surface area contributed by atoms with Crippen LogP contribution in [0.1, 0.15) is 33.4 Å². The van der Waals surface area contributed by atoms with Gasteiger partial charge < -0.3 is 52.5 Å². The third-order valence-electron chi connectivity index (χ3n) is 12.6. The molecule has 6 aromatic carbocycles. The molecule has 11 nitrogen and oxygen atoms in total. The van der Waals surface area contributed by atoms with E-state index in [1.165, 1.54) is 0 Å². The minimum Gasteiger partial charge on any atom is -0.387 e. The zero-order valence-corrected chi connectivity index (χ0v) is 42.2. The van der Waals surface area contributed by atoms with Crippen molar-refractivity contribution in [1.82, 2.24) is 0 Å². The summed E-state index contributed by atoms with van der Waals surface area (Å²) in [6, 6.07) is 60.6. The molecule has 0 amide bonds. The molecule has 0 aliphatic carbocycles. The SMILES string of the molecule is C[Si](C)(C)CCO[C@@H]1O[C@H](COCc2ccccc2)[C@@H](O[C@@H]2O[C@H](COCc3ccccc3)[C@H](OCc3ccccc3)[C@H](O)[C@H]2OCc2ccccc2)[C@H](OCc2ccccc2)[C@H]1OCc1ccccc1. The van der Waals surface area contributed by atoms with Crippen LogP contribution >= 0.6 is 0 Å². The van der Waals surface area contributed by atoms with Gasteiger partial charge in [-0.3, -0.25) is 0 Å². The molecular formula is C59H70O11Si. The monoisotopic (exact) mass is 982 g/mol. The molecule has 0 saturated carbocycles. The second kappa shape index (κ2) is 27.2. The fourth-order valence-electron chi connectivity index (χ4n) is 8.64. The van der Waals surface area contributed by atoms with Crippen LogP contribution in [0.25, 0.3) is 0 Å². The van der Waals surface area contributed by atoms with Crippen molar-refractivity contribution in [3.63, 3.8) is 0 Å². The molecule has 2 fully saturated rings. The summed E-state index contributed by atoms with van der Waals surface area (Å²) in [5.41, 5.74) is 5.82. The van der Waals surface area contributed by atoms with Gasteiger partial charge in [0.25, 0.3) is 0 Å². The third kappa shape index (κ3) is 16.3. The largest absolute Gasteiger partial charge is 0.387 e. The number of rotatable bonds is 26. The number of hydrogen-bond donors (Lipinski definition) is 1. The van der Waals surface area contributed by atoms with Crippen LogP contribution in [0.2, 0.25) is 25.7 Å². The van der Waals surface area contributed by atoms with E-state index < -0.39 is 69.5 Å². The van der Waals surface area contributed by atoms with Crippen molar-refractivity contribution in [1.29, 1.82) is 0 Å². The van der Waals surface area contributed by atoms with Crippen molar-refractivity contribution in [2.75, 3.05) is 19.8 Å². The fourth-order valence-corrected chi connectivity index (χ4v) is 9.37. The molecule has 2 saturated heterocycles. The lowest BCUT2D eigenvalue weighted by Gasteiger charge is -2.49. The Hall–Kier alpha value is -4.90. The van der Waals surface area contributed by atoms with E-state index in [9.17, 15) is 5.11 Å². The minimum atomic E-state index is -1.52. The Labute approximate surface area is 420 Å².